The number of anilines is 2. The third kappa shape index (κ3) is 1.87. The second kappa shape index (κ2) is 4.43. The number of benzene rings is 2. The van der Waals surface area contributed by atoms with E-state index in [1.807, 2.05) is 41.3 Å². The lowest BCUT2D eigenvalue weighted by Gasteiger charge is -2.35. The minimum Gasteiger partial charge on any atom is -0.480 e. The summed E-state index contributed by atoms with van der Waals surface area (Å²) in [5, 5.41) is 9.34. The largest absolute Gasteiger partial charge is 0.480 e. The SMILES string of the molecule is CC(C(=O)O)N1c2ccccc2Cc2ccccc21. The number of para-hydroxylation sites is 2. The molecule has 0 aromatic heterocycles. The minimum atomic E-state index is -0.813. The molecule has 0 spiro atoms. The molecule has 19 heavy (non-hydrogen) atoms. The van der Waals surface area contributed by atoms with Gasteiger partial charge in [0.1, 0.15) is 6.04 Å². The van der Waals surface area contributed by atoms with Gasteiger partial charge in [0, 0.05) is 17.8 Å². The Morgan fingerprint density at radius 2 is 1.53 bits per heavy atom. The van der Waals surface area contributed by atoms with Crippen LogP contribution in [0.15, 0.2) is 48.5 Å². The zero-order chi connectivity index (χ0) is 13.4. The summed E-state index contributed by atoms with van der Waals surface area (Å²) < 4.78 is 0. The zero-order valence-electron chi connectivity index (χ0n) is 10.7. The summed E-state index contributed by atoms with van der Waals surface area (Å²) in [6.45, 7) is 1.72. The van der Waals surface area contributed by atoms with Gasteiger partial charge in [0.15, 0.2) is 0 Å². The molecule has 0 amide bonds. The number of fused-ring (bicyclic) bond motifs is 2. The molecule has 2 aromatic carbocycles. The maximum absolute atomic E-state index is 11.4. The van der Waals surface area contributed by atoms with Crippen molar-refractivity contribution in [2.24, 2.45) is 0 Å². The van der Waals surface area contributed by atoms with E-state index in [1.54, 1.807) is 6.92 Å². The first kappa shape index (κ1) is 11.8. The molecule has 1 aliphatic heterocycles. The van der Waals surface area contributed by atoms with E-state index in [-0.39, 0.29) is 0 Å². The van der Waals surface area contributed by atoms with Crippen LogP contribution in [0.2, 0.25) is 0 Å². The van der Waals surface area contributed by atoms with Crippen molar-refractivity contribution in [3.05, 3.63) is 59.7 Å². The number of aliphatic carboxylic acids is 1. The van der Waals surface area contributed by atoms with Gasteiger partial charge in [-0.25, -0.2) is 4.79 Å². The van der Waals surface area contributed by atoms with E-state index >= 15 is 0 Å². The van der Waals surface area contributed by atoms with Gasteiger partial charge in [-0.1, -0.05) is 36.4 Å². The van der Waals surface area contributed by atoms with E-state index in [4.69, 9.17) is 0 Å². The number of rotatable bonds is 2. The van der Waals surface area contributed by atoms with Crippen molar-refractivity contribution in [1.82, 2.24) is 0 Å². The van der Waals surface area contributed by atoms with E-state index in [0.717, 1.165) is 17.8 Å². The second-order valence-electron chi connectivity index (χ2n) is 4.82. The predicted molar refractivity (Wildman–Crippen MR) is 74.9 cm³/mol. The van der Waals surface area contributed by atoms with Crippen LogP contribution >= 0.6 is 0 Å². The lowest BCUT2D eigenvalue weighted by molar-refractivity contribution is -0.138. The monoisotopic (exact) mass is 253 g/mol. The van der Waals surface area contributed by atoms with Crippen LogP contribution in [0.1, 0.15) is 18.1 Å². The summed E-state index contributed by atoms with van der Waals surface area (Å²) in [7, 11) is 0. The van der Waals surface area contributed by atoms with Crippen LogP contribution in [-0.4, -0.2) is 17.1 Å². The van der Waals surface area contributed by atoms with Crippen LogP contribution in [0.25, 0.3) is 0 Å². The Morgan fingerprint density at radius 1 is 1.05 bits per heavy atom. The molecule has 1 heterocycles. The molecule has 0 radical (unpaired) electrons. The molecule has 0 bridgehead atoms. The van der Waals surface area contributed by atoms with Crippen molar-refractivity contribution in [3.8, 4) is 0 Å². The van der Waals surface area contributed by atoms with Crippen molar-refractivity contribution >= 4 is 17.3 Å². The number of carboxylic acids is 1. The van der Waals surface area contributed by atoms with Gasteiger partial charge in [0.05, 0.1) is 0 Å². The Bertz CT molecular complexity index is 591. The van der Waals surface area contributed by atoms with Crippen LogP contribution in [0.3, 0.4) is 0 Å². The van der Waals surface area contributed by atoms with Gasteiger partial charge >= 0.3 is 5.97 Å². The molecule has 0 saturated carbocycles. The zero-order valence-corrected chi connectivity index (χ0v) is 10.7. The fourth-order valence-corrected chi connectivity index (χ4v) is 2.65. The molecule has 1 atom stereocenters. The molecule has 3 nitrogen and oxygen atoms in total. The van der Waals surface area contributed by atoms with E-state index in [1.165, 1.54) is 11.1 Å². The molecular weight excluding hydrogens is 238 g/mol. The Kier molecular flexibility index (Phi) is 2.75. The summed E-state index contributed by atoms with van der Waals surface area (Å²) in [6.07, 6.45) is 0.856. The molecule has 0 fully saturated rings. The average molecular weight is 253 g/mol. The van der Waals surface area contributed by atoms with E-state index in [9.17, 15) is 9.90 Å². The first-order valence-corrected chi connectivity index (χ1v) is 6.36. The number of carboxylic acid groups (broad SMARTS) is 1. The Hall–Kier alpha value is -2.29. The number of nitrogens with zero attached hydrogens (tertiary/aromatic N) is 1. The van der Waals surface area contributed by atoms with E-state index < -0.39 is 12.0 Å². The van der Waals surface area contributed by atoms with Gasteiger partial charge in [-0.15, -0.1) is 0 Å². The molecule has 1 unspecified atom stereocenters. The molecule has 0 aliphatic carbocycles. The van der Waals surface area contributed by atoms with Gasteiger partial charge in [-0.05, 0) is 30.2 Å². The van der Waals surface area contributed by atoms with Crippen molar-refractivity contribution in [2.45, 2.75) is 19.4 Å². The summed E-state index contributed by atoms with van der Waals surface area (Å²) in [5.41, 5.74) is 4.34. The lowest BCUT2D eigenvalue weighted by Crippen LogP contribution is -2.37. The van der Waals surface area contributed by atoms with Crippen molar-refractivity contribution < 1.29 is 9.90 Å². The smallest absolute Gasteiger partial charge is 0.326 e. The molecule has 1 aliphatic rings. The van der Waals surface area contributed by atoms with E-state index in [0.29, 0.717) is 0 Å². The predicted octanol–water partition coefficient (Wildman–Crippen LogP) is 3.20. The van der Waals surface area contributed by atoms with Crippen LogP contribution < -0.4 is 4.90 Å². The quantitative estimate of drug-likeness (QED) is 0.893. The summed E-state index contributed by atoms with van der Waals surface area (Å²) in [5.74, 6) is -0.813. The summed E-state index contributed by atoms with van der Waals surface area (Å²) in [6, 6.07) is 15.4. The minimum absolute atomic E-state index is 0.581. The van der Waals surface area contributed by atoms with Crippen molar-refractivity contribution in [3.63, 3.8) is 0 Å². The highest BCUT2D eigenvalue weighted by Crippen LogP contribution is 2.39. The molecule has 3 rings (SSSR count). The molecule has 96 valence electrons. The van der Waals surface area contributed by atoms with Gasteiger partial charge in [-0.2, -0.15) is 0 Å². The standard InChI is InChI=1S/C16H15NO2/c1-11(16(18)19)17-14-8-4-2-6-12(14)10-13-7-3-5-9-15(13)17/h2-9,11H,10H2,1H3,(H,18,19). The summed E-state index contributed by atoms with van der Waals surface area (Å²) >= 11 is 0. The normalized spacial score (nSPS) is 14.5. The highest BCUT2D eigenvalue weighted by Gasteiger charge is 2.29. The molecular formula is C16H15NO2. The third-order valence-electron chi connectivity index (χ3n) is 3.63. The first-order valence-electron chi connectivity index (χ1n) is 6.36. The third-order valence-corrected chi connectivity index (χ3v) is 3.63. The van der Waals surface area contributed by atoms with Gasteiger partial charge in [0.2, 0.25) is 0 Å². The van der Waals surface area contributed by atoms with Gasteiger partial charge < -0.3 is 10.0 Å². The fraction of sp³-hybridized carbons (Fsp3) is 0.188. The molecule has 2 aromatic rings. The van der Waals surface area contributed by atoms with Crippen LogP contribution in [-0.2, 0) is 11.2 Å². The van der Waals surface area contributed by atoms with Gasteiger partial charge in [0.25, 0.3) is 0 Å². The maximum atomic E-state index is 11.4. The second-order valence-corrected chi connectivity index (χ2v) is 4.82. The first-order chi connectivity index (χ1) is 9.18. The maximum Gasteiger partial charge on any atom is 0.326 e. The van der Waals surface area contributed by atoms with Crippen molar-refractivity contribution in [2.75, 3.05) is 4.90 Å². The van der Waals surface area contributed by atoms with Crippen LogP contribution in [0.5, 0.6) is 0 Å². The number of hydrogen-bond acceptors (Lipinski definition) is 2. The van der Waals surface area contributed by atoms with E-state index in [2.05, 4.69) is 12.1 Å². The number of hydrogen-bond donors (Lipinski definition) is 1. The Labute approximate surface area is 112 Å². The number of carbonyl (C=O) groups is 1. The Morgan fingerprint density at radius 3 is 2.00 bits per heavy atom. The molecule has 1 N–H and O–H groups in total. The molecule has 3 heteroatoms. The summed E-state index contributed by atoms with van der Waals surface area (Å²) in [4.78, 5) is 13.3. The highest BCUT2D eigenvalue weighted by molar-refractivity contribution is 5.85. The fourth-order valence-electron chi connectivity index (χ4n) is 2.65. The van der Waals surface area contributed by atoms with Crippen LogP contribution in [0.4, 0.5) is 11.4 Å². The van der Waals surface area contributed by atoms with Crippen molar-refractivity contribution in [1.29, 1.82) is 0 Å². The van der Waals surface area contributed by atoms with Gasteiger partial charge in [-0.3, -0.25) is 0 Å². The topological polar surface area (TPSA) is 40.5 Å². The highest BCUT2D eigenvalue weighted by atomic mass is 16.4. The molecule has 0 saturated heterocycles. The van der Waals surface area contributed by atoms with Crippen LogP contribution in [0, 0.1) is 0 Å². The lowest BCUT2D eigenvalue weighted by atomic mass is 9.94. The average Bonchev–Trinajstić information content (AvgIpc) is 2.43. The Balaban J connectivity index is 2.19.